The SMILES string of the molecule is O=C(CSc1nnc(Nc2ccccc2F)s1)NCc1ccccc1CN1CCOCC1. The van der Waals surface area contributed by atoms with Crippen molar-refractivity contribution in [2.75, 3.05) is 37.4 Å². The van der Waals surface area contributed by atoms with Crippen LogP contribution < -0.4 is 10.6 Å². The van der Waals surface area contributed by atoms with Gasteiger partial charge in [-0.1, -0.05) is 59.5 Å². The van der Waals surface area contributed by atoms with Gasteiger partial charge in [-0.05, 0) is 23.3 Å². The summed E-state index contributed by atoms with van der Waals surface area (Å²) in [4.78, 5) is 14.7. The van der Waals surface area contributed by atoms with Crippen LogP contribution in [-0.4, -0.2) is 53.1 Å². The van der Waals surface area contributed by atoms with Crippen LogP contribution in [0.1, 0.15) is 11.1 Å². The number of carbonyl (C=O) groups excluding carboxylic acids is 1. The lowest BCUT2D eigenvalue weighted by molar-refractivity contribution is -0.118. The summed E-state index contributed by atoms with van der Waals surface area (Å²) in [6, 6.07) is 14.6. The highest BCUT2D eigenvalue weighted by molar-refractivity contribution is 8.01. The largest absolute Gasteiger partial charge is 0.379 e. The number of halogens is 1. The van der Waals surface area contributed by atoms with Crippen LogP contribution in [0.2, 0.25) is 0 Å². The Labute approximate surface area is 194 Å². The zero-order chi connectivity index (χ0) is 22.2. The zero-order valence-electron chi connectivity index (χ0n) is 17.4. The number of carbonyl (C=O) groups is 1. The second-order valence-electron chi connectivity index (χ2n) is 7.20. The van der Waals surface area contributed by atoms with Crippen LogP contribution in [0.4, 0.5) is 15.2 Å². The third-order valence-electron chi connectivity index (χ3n) is 4.94. The number of amides is 1. The Morgan fingerprint density at radius 3 is 2.66 bits per heavy atom. The number of rotatable bonds is 9. The molecule has 0 bridgehead atoms. The van der Waals surface area contributed by atoms with Crippen molar-refractivity contribution < 1.29 is 13.9 Å². The molecule has 1 aliphatic rings. The van der Waals surface area contributed by atoms with Gasteiger partial charge in [-0.15, -0.1) is 10.2 Å². The standard InChI is InChI=1S/C22H24FN5O2S2/c23-18-7-3-4-8-19(18)25-21-26-27-22(32-21)31-15-20(29)24-13-16-5-1-2-6-17(16)14-28-9-11-30-12-10-28/h1-8H,9-15H2,(H,24,29)(H,25,26). The van der Waals surface area contributed by atoms with Crippen molar-refractivity contribution in [1.82, 2.24) is 20.4 Å². The normalized spacial score (nSPS) is 14.3. The Kier molecular flexibility index (Phi) is 8.05. The molecule has 7 nitrogen and oxygen atoms in total. The van der Waals surface area contributed by atoms with E-state index in [4.69, 9.17) is 4.74 Å². The minimum atomic E-state index is -0.356. The topological polar surface area (TPSA) is 79.4 Å². The molecule has 0 aliphatic carbocycles. The minimum Gasteiger partial charge on any atom is -0.379 e. The van der Waals surface area contributed by atoms with E-state index < -0.39 is 0 Å². The minimum absolute atomic E-state index is 0.0741. The average Bonchev–Trinajstić information content (AvgIpc) is 3.27. The summed E-state index contributed by atoms with van der Waals surface area (Å²) in [6.45, 7) is 4.71. The zero-order valence-corrected chi connectivity index (χ0v) is 19.1. The first-order chi connectivity index (χ1) is 15.7. The lowest BCUT2D eigenvalue weighted by atomic mass is 10.1. The van der Waals surface area contributed by atoms with Crippen LogP contribution in [0.15, 0.2) is 52.9 Å². The van der Waals surface area contributed by atoms with Gasteiger partial charge >= 0.3 is 0 Å². The first-order valence-corrected chi connectivity index (χ1v) is 12.1. The van der Waals surface area contributed by atoms with Crippen LogP contribution >= 0.6 is 23.1 Å². The molecular formula is C22H24FN5O2S2. The summed E-state index contributed by atoms with van der Waals surface area (Å²) in [7, 11) is 0. The molecule has 0 atom stereocenters. The van der Waals surface area contributed by atoms with Gasteiger partial charge < -0.3 is 15.4 Å². The predicted octanol–water partition coefficient (Wildman–Crippen LogP) is 3.66. The van der Waals surface area contributed by atoms with Gasteiger partial charge in [0.2, 0.25) is 11.0 Å². The lowest BCUT2D eigenvalue weighted by Gasteiger charge is -2.27. The fourth-order valence-corrected chi connectivity index (χ4v) is 4.85. The highest BCUT2D eigenvalue weighted by Gasteiger charge is 2.14. The molecule has 1 aliphatic heterocycles. The summed E-state index contributed by atoms with van der Waals surface area (Å²) in [6.07, 6.45) is 0. The monoisotopic (exact) mass is 473 g/mol. The fourth-order valence-electron chi connectivity index (χ4n) is 3.25. The van der Waals surface area contributed by atoms with Gasteiger partial charge in [-0.3, -0.25) is 9.69 Å². The van der Waals surface area contributed by atoms with Crippen molar-refractivity contribution in [3.63, 3.8) is 0 Å². The maximum atomic E-state index is 13.7. The molecule has 2 N–H and O–H groups in total. The number of hydrogen-bond acceptors (Lipinski definition) is 8. The van der Waals surface area contributed by atoms with Gasteiger partial charge in [0.05, 0.1) is 24.7 Å². The van der Waals surface area contributed by atoms with Gasteiger partial charge in [0, 0.05) is 26.2 Å². The predicted molar refractivity (Wildman–Crippen MR) is 125 cm³/mol. The molecule has 168 valence electrons. The molecule has 2 aromatic carbocycles. The number of ether oxygens (including phenoxy) is 1. The van der Waals surface area contributed by atoms with Crippen LogP contribution in [0, 0.1) is 5.82 Å². The van der Waals surface area contributed by atoms with Crippen LogP contribution in [0.5, 0.6) is 0 Å². The van der Waals surface area contributed by atoms with Gasteiger partial charge in [-0.2, -0.15) is 0 Å². The van der Waals surface area contributed by atoms with Crippen LogP contribution in [-0.2, 0) is 22.6 Å². The van der Waals surface area contributed by atoms with Crippen molar-refractivity contribution in [1.29, 1.82) is 0 Å². The molecule has 0 saturated carbocycles. The van der Waals surface area contributed by atoms with Gasteiger partial charge in [-0.25, -0.2) is 4.39 Å². The maximum absolute atomic E-state index is 13.7. The molecule has 0 radical (unpaired) electrons. The maximum Gasteiger partial charge on any atom is 0.230 e. The molecule has 2 heterocycles. The third kappa shape index (κ3) is 6.49. The number of nitrogens with zero attached hydrogens (tertiary/aromatic N) is 3. The summed E-state index contributed by atoms with van der Waals surface area (Å²) in [5, 5.41) is 14.5. The van der Waals surface area contributed by atoms with E-state index in [0.717, 1.165) is 38.4 Å². The third-order valence-corrected chi connectivity index (χ3v) is 6.91. The number of thioether (sulfide) groups is 1. The quantitative estimate of drug-likeness (QED) is 0.459. The van der Waals surface area contributed by atoms with Gasteiger partial charge in [0.25, 0.3) is 0 Å². The highest BCUT2D eigenvalue weighted by Crippen LogP contribution is 2.28. The number of nitrogens with one attached hydrogen (secondary N) is 2. The molecule has 4 rings (SSSR count). The molecule has 10 heteroatoms. The van der Waals surface area contributed by atoms with Crippen molar-refractivity contribution in [3.8, 4) is 0 Å². The Morgan fingerprint density at radius 1 is 1.09 bits per heavy atom. The number of anilines is 2. The molecule has 3 aromatic rings. The Balaban J connectivity index is 1.25. The lowest BCUT2D eigenvalue weighted by Crippen LogP contribution is -2.36. The number of morpholine rings is 1. The number of aromatic nitrogens is 2. The summed E-state index contributed by atoms with van der Waals surface area (Å²) < 4.78 is 19.8. The highest BCUT2D eigenvalue weighted by atomic mass is 32.2. The first-order valence-electron chi connectivity index (χ1n) is 10.3. The molecule has 1 amide bonds. The van der Waals surface area contributed by atoms with Gasteiger partial charge in [0.1, 0.15) is 5.82 Å². The Morgan fingerprint density at radius 2 is 1.84 bits per heavy atom. The Bertz CT molecular complexity index is 1040. The summed E-state index contributed by atoms with van der Waals surface area (Å²) in [5.74, 6) is -0.194. The van der Waals surface area contributed by atoms with E-state index in [2.05, 4.69) is 37.9 Å². The summed E-state index contributed by atoms with van der Waals surface area (Å²) in [5.41, 5.74) is 2.67. The molecule has 32 heavy (non-hydrogen) atoms. The molecule has 0 spiro atoms. The molecule has 1 saturated heterocycles. The summed E-state index contributed by atoms with van der Waals surface area (Å²) >= 11 is 2.59. The van der Waals surface area contributed by atoms with Crippen molar-refractivity contribution in [2.24, 2.45) is 0 Å². The van der Waals surface area contributed by atoms with Crippen molar-refractivity contribution in [3.05, 3.63) is 65.5 Å². The molecule has 1 aromatic heterocycles. The van der Waals surface area contributed by atoms with Crippen LogP contribution in [0.3, 0.4) is 0 Å². The van der Waals surface area contributed by atoms with Gasteiger partial charge in [0.15, 0.2) is 4.34 Å². The molecule has 0 unspecified atom stereocenters. The second-order valence-corrected chi connectivity index (χ2v) is 9.40. The second kappa shape index (κ2) is 11.4. The number of para-hydroxylation sites is 1. The van der Waals surface area contributed by atoms with E-state index in [0.29, 0.717) is 21.7 Å². The molecule has 1 fully saturated rings. The smallest absolute Gasteiger partial charge is 0.230 e. The first kappa shape index (κ1) is 22.7. The number of benzene rings is 2. The van der Waals surface area contributed by atoms with E-state index in [1.54, 1.807) is 18.2 Å². The fraction of sp³-hybridized carbons (Fsp3) is 0.318. The van der Waals surface area contributed by atoms with E-state index in [-0.39, 0.29) is 17.5 Å². The number of hydrogen-bond donors (Lipinski definition) is 2. The molecular weight excluding hydrogens is 449 g/mol. The van der Waals surface area contributed by atoms with Crippen molar-refractivity contribution >= 4 is 39.8 Å². The van der Waals surface area contributed by atoms with Crippen LogP contribution in [0.25, 0.3) is 0 Å². The van der Waals surface area contributed by atoms with E-state index >= 15 is 0 Å². The van der Waals surface area contributed by atoms with E-state index in [1.165, 1.54) is 34.7 Å². The average molecular weight is 474 g/mol. The Hall–Kier alpha value is -2.53. The van der Waals surface area contributed by atoms with Crippen molar-refractivity contribution in [2.45, 2.75) is 17.4 Å². The van der Waals surface area contributed by atoms with E-state index in [1.807, 2.05) is 12.1 Å². The van der Waals surface area contributed by atoms with E-state index in [9.17, 15) is 9.18 Å².